The van der Waals surface area contributed by atoms with Crippen LogP contribution < -0.4 is 5.73 Å². The van der Waals surface area contributed by atoms with E-state index in [9.17, 15) is 0 Å². The van der Waals surface area contributed by atoms with Crippen LogP contribution in [-0.4, -0.2) is 5.06 Å². The number of benzene rings is 2. The zero-order chi connectivity index (χ0) is 18.1. The monoisotopic (exact) mass is 366 g/mol. The Hall–Kier alpha value is -2.69. The largest absolute Gasteiger partial charge is 0.459 e. The lowest BCUT2D eigenvalue weighted by Crippen LogP contribution is -2.26. The van der Waals surface area contributed by atoms with Gasteiger partial charge in [-0.1, -0.05) is 54.1 Å². The summed E-state index contributed by atoms with van der Waals surface area (Å²) in [5, 5.41) is 2.53. The summed E-state index contributed by atoms with van der Waals surface area (Å²) in [6.07, 6.45) is 1.86. The molecule has 0 radical (unpaired) electrons. The van der Waals surface area contributed by atoms with Gasteiger partial charge >= 0.3 is 0 Å². The lowest BCUT2D eigenvalue weighted by molar-refractivity contribution is -0.152. The molecular weight excluding hydrogens is 348 g/mol. The minimum Gasteiger partial charge on any atom is -0.459 e. The molecule has 4 rings (SSSR count). The zero-order valence-electron chi connectivity index (χ0n) is 14.3. The highest BCUT2D eigenvalue weighted by molar-refractivity contribution is 6.30. The molecular formula is C21H19ClN2O2. The molecule has 0 fully saturated rings. The highest BCUT2D eigenvalue weighted by Gasteiger charge is 2.34. The maximum Gasteiger partial charge on any atom is 0.207 e. The average Bonchev–Trinajstić information content (AvgIpc) is 3.28. The van der Waals surface area contributed by atoms with Gasteiger partial charge in [-0.05, 0) is 36.8 Å². The van der Waals surface area contributed by atoms with Gasteiger partial charge in [-0.2, -0.15) is 0 Å². The van der Waals surface area contributed by atoms with E-state index >= 15 is 0 Å². The number of rotatable bonds is 4. The molecule has 1 aromatic heterocycles. The van der Waals surface area contributed by atoms with Crippen molar-refractivity contribution in [2.24, 2.45) is 5.73 Å². The van der Waals surface area contributed by atoms with E-state index in [1.54, 1.807) is 0 Å². The average molecular weight is 367 g/mol. The van der Waals surface area contributed by atoms with E-state index in [0.717, 1.165) is 22.6 Å². The Morgan fingerprint density at radius 3 is 2.62 bits per heavy atom. The van der Waals surface area contributed by atoms with Crippen molar-refractivity contribution in [3.8, 4) is 11.3 Å². The maximum absolute atomic E-state index is 6.09. The third kappa shape index (κ3) is 3.21. The van der Waals surface area contributed by atoms with Gasteiger partial charge in [0, 0.05) is 16.7 Å². The van der Waals surface area contributed by atoms with Crippen LogP contribution in [0, 0.1) is 0 Å². The third-order valence-corrected chi connectivity index (χ3v) is 4.73. The van der Waals surface area contributed by atoms with Crippen LogP contribution >= 0.6 is 11.6 Å². The van der Waals surface area contributed by atoms with E-state index in [2.05, 4.69) is 19.1 Å². The van der Waals surface area contributed by atoms with Crippen LogP contribution in [0.25, 0.3) is 11.3 Å². The molecule has 0 saturated carbocycles. The van der Waals surface area contributed by atoms with Crippen molar-refractivity contribution in [1.29, 1.82) is 0 Å². The van der Waals surface area contributed by atoms with Crippen LogP contribution in [0.4, 0.5) is 0 Å². The molecule has 0 bridgehead atoms. The fraction of sp³-hybridized carbons (Fsp3) is 0.143. The quantitative estimate of drug-likeness (QED) is 0.667. The molecule has 3 aromatic rings. The number of nitrogens with zero attached hydrogens (tertiary/aromatic N) is 1. The van der Waals surface area contributed by atoms with Gasteiger partial charge in [0.05, 0.1) is 6.04 Å². The number of nitrogens with two attached hydrogens (primary N) is 1. The number of furan rings is 1. The molecule has 2 atom stereocenters. The molecule has 132 valence electrons. The van der Waals surface area contributed by atoms with Crippen molar-refractivity contribution in [1.82, 2.24) is 5.06 Å². The van der Waals surface area contributed by atoms with Gasteiger partial charge in [-0.15, -0.1) is 5.06 Å². The van der Waals surface area contributed by atoms with Crippen LogP contribution in [0.5, 0.6) is 0 Å². The molecule has 5 heteroatoms. The summed E-state index contributed by atoms with van der Waals surface area (Å²) in [7, 11) is 0. The number of hydrogen-bond donors (Lipinski definition) is 1. The van der Waals surface area contributed by atoms with Crippen LogP contribution in [0.15, 0.2) is 83.1 Å². The topological polar surface area (TPSA) is 51.6 Å². The SMILES string of the molecule is CC(c1ccccc1)N1OC(N)=CC1c1ccc(-c2cccc(Cl)c2)o1. The molecule has 2 unspecified atom stereocenters. The molecule has 4 nitrogen and oxygen atoms in total. The molecule has 2 heterocycles. The highest BCUT2D eigenvalue weighted by atomic mass is 35.5. The summed E-state index contributed by atoms with van der Waals surface area (Å²) in [5.41, 5.74) is 8.02. The Labute approximate surface area is 157 Å². The van der Waals surface area contributed by atoms with Gasteiger partial charge in [0.15, 0.2) is 0 Å². The molecule has 26 heavy (non-hydrogen) atoms. The second-order valence-electron chi connectivity index (χ2n) is 6.26. The predicted molar refractivity (Wildman–Crippen MR) is 102 cm³/mol. The van der Waals surface area contributed by atoms with E-state index in [1.807, 2.05) is 65.7 Å². The van der Waals surface area contributed by atoms with Gasteiger partial charge in [0.2, 0.25) is 5.88 Å². The zero-order valence-corrected chi connectivity index (χ0v) is 15.1. The van der Waals surface area contributed by atoms with Gasteiger partial charge in [0.1, 0.15) is 17.6 Å². The Kier molecular flexibility index (Phi) is 4.45. The Morgan fingerprint density at radius 2 is 1.85 bits per heavy atom. The predicted octanol–water partition coefficient (Wildman–Crippen LogP) is 5.45. The van der Waals surface area contributed by atoms with Crippen molar-refractivity contribution in [3.63, 3.8) is 0 Å². The van der Waals surface area contributed by atoms with Crippen molar-refractivity contribution in [2.75, 3.05) is 0 Å². The first-order valence-electron chi connectivity index (χ1n) is 8.46. The second-order valence-corrected chi connectivity index (χ2v) is 6.70. The van der Waals surface area contributed by atoms with Gasteiger partial charge in [-0.3, -0.25) is 0 Å². The summed E-state index contributed by atoms with van der Waals surface area (Å²) in [6.45, 7) is 2.08. The van der Waals surface area contributed by atoms with E-state index in [1.165, 1.54) is 0 Å². The fourth-order valence-corrected chi connectivity index (χ4v) is 3.34. The molecule has 0 saturated heterocycles. The van der Waals surface area contributed by atoms with Gasteiger partial charge in [0.25, 0.3) is 0 Å². The first-order chi connectivity index (χ1) is 12.6. The summed E-state index contributed by atoms with van der Waals surface area (Å²) < 4.78 is 6.09. The smallest absolute Gasteiger partial charge is 0.207 e. The normalized spacial score (nSPS) is 18.4. The lowest BCUT2D eigenvalue weighted by atomic mass is 10.1. The van der Waals surface area contributed by atoms with E-state index in [0.29, 0.717) is 10.9 Å². The first kappa shape index (κ1) is 16.8. The summed E-state index contributed by atoms with van der Waals surface area (Å²) in [6, 6.07) is 21.4. The number of hydroxylamine groups is 2. The minimum atomic E-state index is -0.196. The molecule has 2 N–H and O–H groups in total. The van der Waals surface area contributed by atoms with Crippen molar-refractivity contribution in [2.45, 2.75) is 19.0 Å². The third-order valence-electron chi connectivity index (χ3n) is 4.50. The molecule has 0 aliphatic carbocycles. The van der Waals surface area contributed by atoms with Crippen LogP contribution in [0.3, 0.4) is 0 Å². The molecule has 1 aliphatic rings. The van der Waals surface area contributed by atoms with Crippen molar-refractivity contribution >= 4 is 11.6 Å². The van der Waals surface area contributed by atoms with Crippen molar-refractivity contribution in [3.05, 3.63) is 95.0 Å². The van der Waals surface area contributed by atoms with Crippen molar-refractivity contribution < 1.29 is 9.25 Å². The molecule has 2 aromatic carbocycles. The van der Waals surface area contributed by atoms with E-state index in [-0.39, 0.29) is 12.1 Å². The second kappa shape index (κ2) is 6.90. The summed E-state index contributed by atoms with van der Waals surface area (Å²) in [5.74, 6) is 1.90. The maximum atomic E-state index is 6.09. The Morgan fingerprint density at radius 1 is 1.04 bits per heavy atom. The standard InChI is InChI=1S/C21H19ClN2O2/c1-14(15-6-3-2-4-7-15)24-18(13-21(23)26-24)20-11-10-19(25-20)16-8-5-9-17(22)12-16/h2-14,18H,23H2,1H3. The minimum absolute atomic E-state index is 0.0122. The first-order valence-corrected chi connectivity index (χ1v) is 8.84. The summed E-state index contributed by atoms with van der Waals surface area (Å²) in [4.78, 5) is 5.77. The summed E-state index contributed by atoms with van der Waals surface area (Å²) >= 11 is 6.08. The van der Waals surface area contributed by atoms with Crippen LogP contribution in [0.1, 0.15) is 30.3 Å². The van der Waals surface area contributed by atoms with E-state index in [4.69, 9.17) is 26.6 Å². The lowest BCUT2D eigenvalue weighted by Gasteiger charge is -2.27. The molecule has 1 aliphatic heterocycles. The highest BCUT2D eigenvalue weighted by Crippen LogP contribution is 2.39. The Bertz CT molecular complexity index is 936. The van der Waals surface area contributed by atoms with Crippen LogP contribution in [0.2, 0.25) is 5.02 Å². The van der Waals surface area contributed by atoms with E-state index < -0.39 is 0 Å². The molecule has 0 spiro atoms. The number of hydrogen-bond acceptors (Lipinski definition) is 4. The van der Waals surface area contributed by atoms with Crippen LogP contribution in [-0.2, 0) is 4.84 Å². The van der Waals surface area contributed by atoms with Gasteiger partial charge < -0.3 is 15.0 Å². The number of halogens is 1. The van der Waals surface area contributed by atoms with Gasteiger partial charge in [-0.25, -0.2) is 0 Å². The molecule has 0 amide bonds. The Balaban J connectivity index is 1.63. The fourth-order valence-electron chi connectivity index (χ4n) is 3.15.